The first-order chi connectivity index (χ1) is 11.7. The van der Waals surface area contributed by atoms with E-state index in [4.69, 9.17) is 9.47 Å². The van der Waals surface area contributed by atoms with E-state index >= 15 is 0 Å². The Labute approximate surface area is 143 Å². The second-order valence-electron chi connectivity index (χ2n) is 6.88. The molecule has 3 aliphatic rings. The topological polar surface area (TPSA) is 62.3 Å². The highest BCUT2D eigenvalue weighted by molar-refractivity contribution is 5.83. The Morgan fingerprint density at radius 3 is 2.50 bits per heavy atom. The SMILES string of the molecule is COCC(=O)N1CCN(C2CCCN(C3CCOCC3)C2=O)CC1. The summed E-state index contributed by atoms with van der Waals surface area (Å²) in [5.41, 5.74) is 0. The van der Waals surface area contributed by atoms with E-state index in [0.717, 1.165) is 58.5 Å². The van der Waals surface area contributed by atoms with E-state index in [2.05, 4.69) is 9.80 Å². The van der Waals surface area contributed by atoms with Gasteiger partial charge in [-0.1, -0.05) is 0 Å². The number of likely N-dealkylation sites (tertiary alicyclic amines) is 1. The monoisotopic (exact) mass is 339 g/mol. The average molecular weight is 339 g/mol. The number of carbonyl (C=O) groups excluding carboxylic acids is 2. The van der Waals surface area contributed by atoms with Crippen LogP contribution in [0.4, 0.5) is 0 Å². The van der Waals surface area contributed by atoms with Crippen LogP contribution in [0.5, 0.6) is 0 Å². The Bertz CT molecular complexity index is 445. The van der Waals surface area contributed by atoms with Crippen molar-refractivity contribution in [2.24, 2.45) is 0 Å². The molecule has 0 aromatic heterocycles. The van der Waals surface area contributed by atoms with Crippen LogP contribution in [0.1, 0.15) is 25.7 Å². The summed E-state index contributed by atoms with van der Waals surface area (Å²) in [5, 5.41) is 0. The van der Waals surface area contributed by atoms with Gasteiger partial charge in [-0.15, -0.1) is 0 Å². The summed E-state index contributed by atoms with van der Waals surface area (Å²) in [7, 11) is 1.54. The molecule has 24 heavy (non-hydrogen) atoms. The van der Waals surface area contributed by atoms with Crippen molar-refractivity contribution in [3.8, 4) is 0 Å². The summed E-state index contributed by atoms with van der Waals surface area (Å²) in [6.07, 6.45) is 3.91. The number of hydrogen-bond acceptors (Lipinski definition) is 5. The molecular formula is C17H29N3O4. The number of nitrogens with zero attached hydrogens (tertiary/aromatic N) is 3. The summed E-state index contributed by atoms with van der Waals surface area (Å²) >= 11 is 0. The third-order valence-electron chi connectivity index (χ3n) is 5.45. The summed E-state index contributed by atoms with van der Waals surface area (Å²) in [6, 6.07) is 0.333. The molecule has 0 aromatic rings. The highest BCUT2D eigenvalue weighted by Crippen LogP contribution is 2.24. The first kappa shape index (κ1) is 17.6. The molecule has 0 saturated carbocycles. The fraction of sp³-hybridized carbons (Fsp3) is 0.882. The van der Waals surface area contributed by atoms with E-state index in [-0.39, 0.29) is 24.5 Å². The van der Waals surface area contributed by atoms with Crippen molar-refractivity contribution < 1.29 is 19.1 Å². The van der Waals surface area contributed by atoms with Crippen molar-refractivity contribution >= 4 is 11.8 Å². The number of hydrogen-bond donors (Lipinski definition) is 0. The maximum absolute atomic E-state index is 13.0. The first-order valence-corrected chi connectivity index (χ1v) is 9.09. The molecule has 0 aromatic carbocycles. The Hall–Kier alpha value is -1.18. The van der Waals surface area contributed by atoms with Gasteiger partial charge in [-0.25, -0.2) is 0 Å². The van der Waals surface area contributed by atoms with Gasteiger partial charge in [0.25, 0.3) is 0 Å². The molecule has 1 unspecified atom stereocenters. The zero-order chi connectivity index (χ0) is 16.9. The molecule has 0 bridgehead atoms. The van der Waals surface area contributed by atoms with Crippen molar-refractivity contribution in [2.75, 3.05) is 59.7 Å². The van der Waals surface area contributed by atoms with Gasteiger partial charge < -0.3 is 19.3 Å². The quantitative estimate of drug-likeness (QED) is 0.718. The summed E-state index contributed by atoms with van der Waals surface area (Å²) in [4.78, 5) is 31.1. The number of carbonyl (C=O) groups is 2. The van der Waals surface area contributed by atoms with Gasteiger partial charge in [-0.3, -0.25) is 14.5 Å². The Balaban J connectivity index is 1.55. The molecule has 3 rings (SSSR count). The van der Waals surface area contributed by atoms with E-state index in [1.165, 1.54) is 0 Å². The largest absolute Gasteiger partial charge is 0.381 e. The van der Waals surface area contributed by atoms with Crippen LogP contribution < -0.4 is 0 Å². The van der Waals surface area contributed by atoms with Gasteiger partial charge in [0, 0.05) is 59.1 Å². The van der Waals surface area contributed by atoms with Crippen molar-refractivity contribution in [1.82, 2.24) is 14.7 Å². The van der Waals surface area contributed by atoms with Gasteiger partial charge in [0.2, 0.25) is 11.8 Å². The molecule has 3 saturated heterocycles. The molecule has 136 valence electrons. The van der Waals surface area contributed by atoms with E-state index in [1.807, 2.05) is 4.90 Å². The standard InChI is InChI=1S/C17H29N3O4/c1-23-13-16(21)19-9-7-18(8-10-19)15-3-2-6-20(17(15)22)14-4-11-24-12-5-14/h14-15H,2-13H2,1H3. The van der Waals surface area contributed by atoms with Crippen molar-refractivity contribution in [3.05, 3.63) is 0 Å². The van der Waals surface area contributed by atoms with Crippen LogP contribution in [-0.4, -0.2) is 98.3 Å². The number of methoxy groups -OCH3 is 1. The molecule has 7 nitrogen and oxygen atoms in total. The minimum atomic E-state index is -0.0127. The third kappa shape index (κ3) is 3.90. The number of ether oxygens (including phenoxy) is 2. The van der Waals surface area contributed by atoms with Gasteiger partial charge in [0.05, 0.1) is 6.04 Å². The fourth-order valence-electron chi connectivity index (χ4n) is 4.08. The normalized spacial score (nSPS) is 27.5. The van der Waals surface area contributed by atoms with Gasteiger partial charge in [0.15, 0.2) is 0 Å². The zero-order valence-electron chi connectivity index (χ0n) is 14.6. The highest BCUT2D eigenvalue weighted by atomic mass is 16.5. The lowest BCUT2D eigenvalue weighted by Crippen LogP contribution is -2.60. The van der Waals surface area contributed by atoms with E-state index in [0.29, 0.717) is 19.1 Å². The lowest BCUT2D eigenvalue weighted by atomic mass is 9.97. The van der Waals surface area contributed by atoms with Crippen molar-refractivity contribution in [2.45, 2.75) is 37.8 Å². The first-order valence-electron chi connectivity index (χ1n) is 9.09. The third-order valence-corrected chi connectivity index (χ3v) is 5.45. The maximum atomic E-state index is 13.0. The van der Waals surface area contributed by atoms with Gasteiger partial charge >= 0.3 is 0 Å². The predicted octanol–water partition coefficient (Wildman–Crippen LogP) is -0.0530. The van der Waals surface area contributed by atoms with Crippen LogP contribution in [0.3, 0.4) is 0 Å². The molecule has 0 aliphatic carbocycles. The van der Waals surface area contributed by atoms with Crippen LogP contribution in [0.25, 0.3) is 0 Å². The fourth-order valence-corrected chi connectivity index (χ4v) is 4.08. The molecule has 3 heterocycles. The van der Waals surface area contributed by atoms with Crippen molar-refractivity contribution in [1.29, 1.82) is 0 Å². The summed E-state index contributed by atoms with van der Waals surface area (Å²) in [6.45, 7) is 5.46. The molecule has 7 heteroatoms. The van der Waals surface area contributed by atoms with E-state index < -0.39 is 0 Å². The van der Waals surface area contributed by atoms with Crippen LogP contribution in [0.2, 0.25) is 0 Å². The molecule has 2 amide bonds. The van der Waals surface area contributed by atoms with Crippen LogP contribution in [0, 0.1) is 0 Å². The lowest BCUT2D eigenvalue weighted by molar-refractivity contribution is -0.147. The van der Waals surface area contributed by atoms with Gasteiger partial charge in [-0.2, -0.15) is 0 Å². The summed E-state index contributed by atoms with van der Waals surface area (Å²) < 4.78 is 10.3. The maximum Gasteiger partial charge on any atom is 0.248 e. The second-order valence-corrected chi connectivity index (χ2v) is 6.88. The predicted molar refractivity (Wildman–Crippen MR) is 88.6 cm³/mol. The molecule has 3 aliphatic heterocycles. The number of piperidine rings is 1. The van der Waals surface area contributed by atoms with Crippen LogP contribution in [-0.2, 0) is 19.1 Å². The highest BCUT2D eigenvalue weighted by Gasteiger charge is 2.38. The van der Waals surface area contributed by atoms with Gasteiger partial charge in [0.1, 0.15) is 6.61 Å². The molecule has 0 N–H and O–H groups in total. The number of amides is 2. The second kappa shape index (κ2) is 8.27. The number of piperazine rings is 1. The van der Waals surface area contributed by atoms with Crippen LogP contribution >= 0.6 is 0 Å². The molecule has 0 spiro atoms. The minimum Gasteiger partial charge on any atom is -0.381 e. The van der Waals surface area contributed by atoms with E-state index in [1.54, 1.807) is 7.11 Å². The Morgan fingerprint density at radius 1 is 1.12 bits per heavy atom. The lowest BCUT2D eigenvalue weighted by Gasteiger charge is -2.45. The Kier molecular flexibility index (Phi) is 6.08. The zero-order valence-corrected chi connectivity index (χ0v) is 14.6. The molecule has 3 fully saturated rings. The number of rotatable bonds is 4. The smallest absolute Gasteiger partial charge is 0.248 e. The van der Waals surface area contributed by atoms with Crippen molar-refractivity contribution in [3.63, 3.8) is 0 Å². The minimum absolute atomic E-state index is 0.0127. The van der Waals surface area contributed by atoms with E-state index in [9.17, 15) is 9.59 Å². The molecular weight excluding hydrogens is 310 g/mol. The van der Waals surface area contributed by atoms with Gasteiger partial charge in [-0.05, 0) is 25.7 Å². The molecule has 1 atom stereocenters. The van der Waals surface area contributed by atoms with Crippen LogP contribution in [0.15, 0.2) is 0 Å². The average Bonchev–Trinajstić information content (AvgIpc) is 2.63. The molecule has 0 radical (unpaired) electrons. The summed E-state index contributed by atoms with van der Waals surface area (Å²) in [5.74, 6) is 0.320. The Morgan fingerprint density at radius 2 is 1.83 bits per heavy atom.